The Labute approximate surface area is 313 Å². The zero-order valence-corrected chi connectivity index (χ0v) is 29.2. The summed E-state index contributed by atoms with van der Waals surface area (Å²) in [4.78, 5) is 13.0. The van der Waals surface area contributed by atoms with Gasteiger partial charge in [-0.3, -0.25) is 19.8 Å². The molecule has 0 bridgehead atoms. The maximum absolute atomic E-state index is 6.60. The van der Waals surface area contributed by atoms with Gasteiger partial charge in [0.05, 0.1) is 23.8 Å². The van der Waals surface area contributed by atoms with E-state index in [0.29, 0.717) is 11.8 Å². The lowest BCUT2D eigenvalue weighted by Gasteiger charge is -2.22. The maximum atomic E-state index is 6.60. The van der Waals surface area contributed by atoms with Crippen LogP contribution < -0.4 is 9.80 Å². The molecule has 4 heterocycles. The third-order valence-electron chi connectivity index (χ3n) is 9.33. The molecular weight excluding hydrogens is 665 g/mol. The number of aromatic nitrogens is 2. The third-order valence-corrected chi connectivity index (χ3v) is 9.33. The molecule has 0 atom stereocenters. The molecule has 5 aromatic carbocycles. The van der Waals surface area contributed by atoms with Gasteiger partial charge in [-0.2, -0.15) is 0 Å². The van der Waals surface area contributed by atoms with Gasteiger partial charge in [0.15, 0.2) is 0 Å². The number of hydrogen-bond acceptors (Lipinski definition) is 6. The van der Waals surface area contributed by atoms with Crippen LogP contribution in [0.4, 0.5) is 34.5 Å². The number of rotatable bonds is 10. The quantitative estimate of drug-likeness (QED) is 0.142. The molecule has 0 saturated carbocycles. The van der Waals surface area contributed by atoms with Crippen molar-refractivity contribution in [2.75, 3.05) is 9.80 Å². The fourth-order valence-electron chi connectivity index (χ4n) is 6.68. The molecule has 54 heavy (non-hydrogen) atoms. The van der Waals surface area contributed by atoms with Crippen LogP contribution in [0.5, 0.6) is 0 Å². The maximum Gasteiger partial charge on any atom is 0.205 e. The van der Waals surface area contributed by atoms with Crippen molar-refractivity contribution in [2.24, 2.45) is 0 Å². The van der Waals surface area contributed by atoms with Crippen LogP contribution in [0.25, 0.3) is 44.9 Å². The average molecular weight is 699 g/mol. The first-order valence-corrected chi connectivity index (χ1v) is 17.8. The van der Waals surface area contributed by atoms with Crippen molar-refractivity contribution in [3.8, 4) is 44.9 Å². The molecule has 0 saturated heterocycles. The Morgan fingerprint density at radius 3 is 1.13 bits per heavy atom. The van der Waals surface area contributed by atoms with E-state index in [0.717, 1.165) is 56.5 Å². The molecule has 0 radical (unpaired) electrons. The van der Waals surface area contributed by atoms with Gasteiger partial charge in [0.2, 0.25) is 11.8 Å². The van der Waals surface area contributed by atoms with E-state index in [2.05, 4.69) is 135 Å². The molecule has 0 aliphatic rings. The van der Waals surface area contributed by atoms with E-state index in [1.54, 1.807) is 12.4 Å². The van der Waals surface area contributed by atoms with Crippen LogP contribution in [0.15, 0.2) is 216 Å². The highest BCUT2D eigenvalue weighted by molar-refractivity contribution is 5.79. The molecule has 0 N–H and O–H groups in total. The minimum Gasteiger partial charge on any atom is -0.440 e. The molecule has 9 rings (SSSR count). The van der Waals surface area contributed by atoms with Crippen LogP contribution in [-0.4, -0.2) is 9.97 Å². The summed E-state index contributed by atoms with van der Waals surface area (Å²) < 4.78 is 13.2. The highest BCUT2D eigenvalue weighted by atomic mass is 16.4. The number of hydrogen-bond donors (Lipinski definition) is 0. The van der Waals surface area contributed by atoms with Crippen LogP contribution in [-0.2, 0) is 0 Å². The Bertz CT molecular complexity index is 2400. The molecule has 258 valence electrons. The Hall–Kier alpha value is -7.44. The van der Waals surface area contributed by atoms with E-state index in [4.69, 9.17) is 8.83 Å². The van der Waals surface area contributed by atoms with Crippen LogP contribution >= 0.6 is 0 Å². The molecule has 0 unspecified atom stereocenters. The first-order valence-electron chi connectivity index (χ1n) is 17.8. The summed E-state index contributed by atoms with van der Waals surface area (Å²) in [5, 5.41) is 0. The monoisotopic (exact) mass is 698 g/mol. The third kappa shape index (κ3) is 6.67. The van der Waals surface area contributed by atoms with Gasteiger partial charge in [-0.1, -0.05) is 103 Å². The van der Waals surface area contributed by atoms with E-state index in [-0.39, 0.29) is 0 Å². The lowest BCUT2D eigenvalue weighted by atomic mass is 10.1. The summed E-state index contributed by atoms with van der Waals surface area (Å²) in [6.07, 6.45) is 7.23. The van der Waals surface area contributed by atoms with Crippen molar-refractivity contribution in [1.82, 2.24) is 9.97 Å². The second-order valence-electron chi connectivity index (χ2n) is 12.8. The second-order valence-corrected chi connectivity index (χ2v) is 12.8. The van der Waals surface area contributed by atoms with Crippen LogP contribution in [0, 0.1) is 0 Å². The minimum atomic E-state index is 0.682. The SMILES string of the molecule is c1ccc(-c2ccc(N(c3cccnc3)c3ccc(-c4cccc(-c5ccc(N(c6ccc(-c7ccccc7)cc6)c6cccnc6)o5)c4)o3)cc2)cc1. The first-order chi connectivity index (χ1) is 26.8. The van der Waals surface area contributed by atoms with Gasteiger partial charge in [-0.15, -0.1) is 0 Å². The number of benzene rings is 5. The molecule has 0 spiro atoms. The van der Waals surface area contributed by atoms with Gasteiger partial charge in [-0.05, 0) is 89.0 Å². The summed E-state index contributed by atoms with van der Waals surface area (Å²) in [6, 6.07) is 61.9. The van der Waals surface area contributed by atoms with E-state index in [1.807, 2.05) is 79.1 Å². The van der Waals surface area contributed by atoms with Crippen LogP contribution in [0.1, 0.15) is 0 Å². The predicted molar refractivity (Wildman–Crippen MR) is 218 cm³/mol. The Kier molecular flexibility index (Phi) is 8.81. The highest BCUT2D eigenvalue weighted by Gasteiger charge is 2.20. The topological polar surface area (TPSA) is 58.5 Å². The van der Waals surface area contributed by atoms with Crippen LogP contribution in [0.2, 0.25) is 0 Å². The standard InChI is InChI=1S/C48H34N4O2/c1-3-10-35(11-4-1)37-18-22-41(23-19-37)51(43-16-8-30-49-33-43)47-28-26-45(53-47)39-14-7-15-40(32-39)46-27-29-48(54-46)52(44-17-9-31-50-34-44)42-24-20-38(21-25-42)36-12-5-2-6-13-36/h1-34H. The lowest BCUT2D eigenvalue weighted by molar-refractivity contribution is 0.586. The van der Waals surface area contributed by atoms with Gasteiger partial charge in [0.1, 0.15) is 11.5 Å². The van der Waals surface area contributed by atoms with Gasteiger partial charge >= 0.3 is 0 Å². The van der Waals surface area contributed by atoms with E-state index in [1.165, 1.54) is 11.1 Å². The normalized spacial score (nSPS) is 11.0. The zero-order valence-electron chi connectivity index (χ0n) is 29.2. The van der Waals surface area contributed by atoms with E-state index >= 15 is 0 Å². The summed E-state index contributed by atoms with van der Waals surface area (Å²) in [5.74, 6) is 2.84. The van der Waals surface area contributed by atoms with Gasteiger partial charge in [-0.25, -0.2) is 0 Å². The number of furan rings is 2. The highest BCUT2D eigenvalue weighted by Crippen LogP contribution is 2.41. The van der Waals surface area contributed by atoms with Gasteiger partial charge < -0.3 is 8.83 Å². The van der Waals surface area contributed by atoms with Crippen LogP contribution in [0.3, 0.4) is 0 Å². The fourth-order valence-corrected chi connectivity index (χ4v) is 6.68. The summed E-state index contributed by atoms with van der Waals surface area (Å²) >= 11 is 0. The number of nitrogens with zero attached hydrogens (tertiary/aromatic N) is 4. The molecule has 0 fully saturated rings. The summed E-state index contributed by atoms with van der Waals surface area (Å²) in [7, 11) is 0. The zero-order chi connectivity index (χ0) is 36.1. The molecule has 6 nitrogen and oxygen atoms in total. The Balaban J connectivity index is 1.01. The molecule has 0 aliphatic carbocycles. The fraction of sp³-hybridized carbons (Fsp3) is 0. The van der Waals surface area contributed by atoms with Crippen molar-refractivity contribution in [3.63, 3.8) is 0 Å². The van der Waals surface area contributed by atoms with E-state index < -0.39 is 0 Å². The van der Waals surface area contributed by atoms with E-state index in [9.17, 15) is 0 Å². The number of pyridine rings is 2. The lowest BCUT2D eigenvalue weighted by Crippen LogP contribution is -2.09. The Morgan fingerprint density at radius 2 is 0.722 bits per heavy atom. The van der Waals surface area contributed by atoms with Gasteiger partial charge in [0, 0.05) is 47.0 Å². The van der Waals surface area contributed by atoms with Crippen molar-refractivity contribution >= 4 is 34.5 Å². The van der Waals surface area contributed by atoms with Gasteiger partial charge in [0.25, 0.3) is 0 Å². The average Bonchev–Trinajstić information content (AvgIpc) is 3.95. The molecule has 0 amide bonds. The smallest absolute Gasteiger partial charge is 0.205 e. The Morgan fingerprint density at radius 1 is 0.315 bits per heavy atom. The molecule has 9 aromatic rings. The summed E-state index contributed by atoms with van der Waals surface area (Å²) in [6.45, 7) is 0. The molecule has 4 aromatic heterocycles. The summed E-state index contributed by atoms with van der Waals surface area (Å²) in [5.41, 5.74) is 10.2. The van der Waals surface area contributed by atoms with Crippen molar-refractivity contribution in [1.29, 1.82) is 0 Å². The molecule has 6 heteroatoms. The first kappa shape index (κ1) is 32.5. The minimum absolute atomic E-state index is 0.682. The molecular formula is C48H34N4O2. The van der Waals surface area contributed by atoms with Crippen molar-refractivity contribution in [2.45, 2.75) is 0 Å². The molecule has 0 aliphatic heterocycles. The predicted octanol–water partition coefficient (Wildman–Crippen LogP) is 13.3. The second kappa shape index (κ2) is 14.7. The largest absolute Gasteiger partial charge is 0.440 e. The van der Waals surface area contributed by atoms with Crippen molar-refractivity contribution < 1.29 is 8.83 Å². The number of anilines is 6. The van der Waals surface area contributed by atoms with Crippen molar-refractivity contribution in [3.05, 3.63) is 207 Å².